The highest BCUT2D eigenvalue weighted by atomic mass is 127. The van der Waals surface area contributed by atoms with E-state index in [1.165, 1.54) is 11.8 Å². The van der Waals surface area contributed by atoms with E-state index in [2.05, 4.69) is 39.5 Å². The fourth-order valence-corrected chi connectivity index (χ4v) is 4.21. The number of hydrogen-bond donors (Lipinski definition) is 1. The second kappa shape index (κ2) is 9.98. The Morgan fingerprint density at radius 2 is 2.00 bits per heavy atom. The van der Waals surface area contributed by atoms with Crippen LogP contribution in [0.25, 0.3) is 6.08 Å². The Bertz CT molecular complexity index is 984. The first-order chi connectivity index (χ1) is 14.0. The monoisotopic (exact) mass is 520 g/mol. The van der Waals surface area contributed by atoms with E-state index in [0.717, 1.165) is 20.4 Å². The number of carbonyl (C=O) groups excluding carboxylic acids is 1. The summed E-state index contributed by atoms with van der Waals surface area (Å²) in [6.45, 7) is 8.54. The van der Waals surface area contributed by atoms with Gasteiger partial charge in [0.25, 0.3) is 5.91 Å². The average Bonchev–Trinajstić information content (AvgIpc) is 3.02. The molecular weight excluding hydrogens is 499 g/mol. The van der Waals surface area contributed by atoms with Gasteiger partial charge in [-0.05, 0) is 84.1 Å². The van der Waals surface area contributed by atoms with Gasteiger partial charge in [-0.2, -0.15) is 0 Å². The molecule has 3 rings (SSSR count). The molecule has 0 saturated carbocycles. The van der Waals surface area contributed by atoms with Crippen molar-refractivity contribution in [2.45, 2.75) is 13.8 Å². The number of carbonyl (C=O) groups is 1. The van der Waals surface area contributed by atoms with E-state index in [-0.39, 0.29) is 5.91 Å². The predicted octanol–water partition coefficient (Wildman–Crippen LogP) is 5.45. The first kappa shape index (κ1) is 21.4. The van der Waals surface area contributed by atoms with E-state index in [0.29, 0.717) is 34.8 Å². The number of thioether (sulfide) groups is 1. The Labute approximate surface area is 188 Å². The van der Waals surface area contributed by atoms with Crippen molar-refractivity contribution in [1.29, 1.82) is 0 Å². The number of amides is 1. The molecule has 1 amide bonds. The van der Waals surface area contributed by atoms with Crippen molar-refractivity contribution in [3.63, 3.8) is 0 Å². The molecule has 0 radical (unpaired) electrons. The predicted molar refractivity (Wildman–Crippen MR) is 128 cm³/mol. The van der Waals surface area contributed by atoms with E-state index in [4.69, 9.17) is 9.47 Å². The second-order valence-corrected chi connectivity index (χ2v) is 8.37. The van der Waals surface area contributed by atoms with Gasteiger partial charge >= 0.3 is 0 Å². The normalized spacial score (nSPS) is 16.2. The zero-order chi connectivity index (χ0) is 20.8. The Hall–Kier alpha value is -2.26. The second-order valence-electron chi connectivity index (χ2n) is 6.18. The van der Waals surface area contributed by atoms with Crippen LogP contribution in [0.4, 0.5) is 5.69 Å². The number of halogens is 1. The largest absolute Gasteiger partial charge is 0.490 e. The fraction of sp³-hybridized carbons (Fsp3) is 0.182. The van der Waals surface area contributed by atoms with Gasteiger partial charge in [0, 0.05) is 0 Å². The summed E-state index contributed by atoms with van der Waals surface area (Å²) in [6.07, 6.45) is 3.52. The molecule has 1 saturated heterocycles. The summed E-state index contributed by atoms with van der Waals surface area (Å²) in [5.41, 5.74) is 2.83. The van der Waals surface area contributed by atoms with Crippen LogP contribution in [-0.2, 0) is 4.79 Å². The van der Waals surface area contributed by atoms with Gasteiger partial charge in [-0.3, -0.25) is 4.79 Å². The molecule has 150 valence electrons. The van der Waals surface area contributed by atoms with Crippen molar-refractivity contribution in [2.75, 3.05) is 13.2 Å². The van der Waals surface area contributed by atoms with Crippen LogP contribution in [0.1, 0.15) is 18.1 Å². The summed E-state index contributed by atoms with van der Waals surface area (Å²) in [5.74, 6) is 1.16. The van der Waals surface area contributed by atoms with Crippen LogP contribution in [0, 0.1) is 10.5 Å². The van der Waals surface area contributed by atoms with Gasteiger partial charge in [-0.25, -0.2) is 4.99 Å². The SMILES string of the molecule is C=CCOc1c(I)cc(/C=C2/SC(=Nc3ccc(C)cc3)NC2=O)cc1OCC. The first-order valence-electron chi connectivity index (χ1n) is 9.06. The minimum absolute atomic E-state index is 0.166. The lowest BCUT2D eigenvalue weighted by Gasteiger charge is -2.13. The van der Waals surface area contributed by atoms with Crippen LogP contribution in [0.2, 0.25) is 0 Å². The van der Waals surface area contributed by atoms with Crippen molar-refractivity contribution >= 4 is 57.2 Å². The summed E-state index contributed by atoms with van der Waals surface area (Å²) in [7, 11) is 0. The molecule has 1 heterocycles. The molecule has 0 atom stereocenters. The van der Waals surface area contributed by atoms with Gasteiger partial charge in [-0.1, -0.05) is 30.4 Å². The van der Waals surface area contributed by atoms with Crippen LogP contribution in [0.5, 0.6) is 11.5 Å². The maximum Gasteiger partial charge on any atom is 0.264 e. The summed E-state index contributed by atoms with van der Waals surface area (Å²) < 4.78 is 12.4. The molecule has 2 aromatic carbocycles. The van der Waals surface area contributed by atoms with Crippen molar-refractivity contribution in [1.82, 2.24) is 5.32 Å². The molecule has 0 spiro atoms. The van der Waals surface area contributed by atoms with Crippen LogP contribution < -0.4 is 14.8 Å². The highest BCUT2D eigenvalue weighted by molar-refractivity contribution is 14.1. The van der Waals surface area contributed by atoms with Gasteiger partial charge < -0.3 is 14.8 Å². The lowest BCUT2D eigenvalue weighted by atomic mass is 10.2. The third-order valence-electron chi connectivity index (χ3n) is 3.89. The molecule has 1 N–H and O–H groups in total. The standard InChI is InChI=1S/C22H21IN2O3S/c1-4-10-28-20-17(23)11-15(12-18(20)27-5-2)13-19-21(26)25-22(29-19)24-16-8-6-14(3)7-9-16/h4,6-9,11-13H,1,5,10H2,2-3H3,(H,24,25,26)/b19-13+. The van der Waals surface area contributed by atoms with Crippen molar-refractivity contribution in [3.05, 3.63) is 68.7 Å². The highest BCUT2D eigenvalue weighted by Crippen LogP contribution is 2.36. The van der Waals surface area contributed by atoms with E-state index in [9.17, 15) is 4.79 Å². The van der Waals surface area contributed by atoms with E-state index in [1.807, 2.05) is 56.3 Å². The van der Waals surface area contributed by atoms with Gasteiger partial charge in [0.2, 0.25) is 0 Å². The van der Waals surface area contributed by atoms with Gasteiger partial charge in [-0.15, -0.1) is 0 Å². The molecule has 0 aliphatic carbocycles. The zero-order valence-corrected chi connectivity index (χ0v) is 19.2. The minimum Gasteiger partial charge on any atom is -0.490 e. The Morgan fingerprint density at radius 3 is 2.69 bits per heavy atom. The number of nitrogens with zero attached hydrogens (tertiary/aromatic N) is 1. The third kappa shape index (κ3) is 5.63. The van der Waals surface area contributed by atoms with Crippen LogP contribution in [0.15, 0.2) is 59.0 Å². The maximum absolute atomic E-state index is 12.4. The van der Waals surface area contributed by atoms with Crippen molar-refractivity contribution in [3.8, 4) is 11.5 Å². The molecule has 1 aliphatic heterocycles. The summed E-state index contributed by atoms with van der Waals surface area (Å²) in [6, 6.07) is 11.7. The lowest BCUT2D eigenvalue weighted by Crippen LogP contribution is -2.19. The molecule has 29 heavy (non-hydrogen) atoms. The first-order valence-corrected chi connectivity index (χ1v) is 11.0. The maximum atomic E-state index is 12.4. The molecule has 5 nitrogen and oxygen atoms in total. The Morgan fingerprint density at radius 1 is 1.24 bits per heavy atom. The number of aryl methyl sites for hydroxylation is 1. The van der Waals surface area contributed by atoms with Gasteiger partial charge in [0.15, 0.2) is 16.7 Å². The quantitative estimate of drug-likeness (QED) is 0.300. The number of rotatable bonds is 7. The number of amidine groups is 1. The smallest absolute Gasteiger partial charge is 0.264 e. The summed E-state index contributed by atoms with van der Waals surface area (Å²) in [4.78, 5) is 17.5. The van der Waals surface area contributed by atoms with Crippen LogP contribution >= 0.6 is 34.4 Å². The highest BCUT2D eigenvalue weighted by Gasteiger charge is 2.24. The molecule has 2 aromatic rings. The molecule has 0 unspecified atom stereocenters. The Kier molecular flexibility index (Phi) is 7.38. The zero-order valence-electron chi connectivity index (χ0n) is 16.2. The van der Waals surface area contributed by atoms with Gasteiger partial charge in [0.1, 0.15) is 6.61 Å². The number of ether oxygens (including phenoxy) is 2. The summed E-state index contributed by atoms with van der Waals surface area (Å²) in [5, 5.41) is 3.38. The third-order valence-corrected chi connectivity index (χ3v) is 5.60. The molecular formula is C22H21IN2O3S. The number of aliphatic imine (C=N–C) groups is 1. The lowest BCUT2D eigenvalue weighted by molar-refractivity contribution is -0.115. The number of nitrogens with one attached hydrogen (secondary N) is 1. The number of benzene rings is 2. The van der Waals surface area contributed by atoms with Crippen molar-refractivity contribution in [2.24, 2.45) is 4.99 Å². The van der Waals surface area contributed by atoms with Gasteiger partial charge in [0.05, 0.1) is 20.8 Å². The van der Waals surface area contributed by atoms with E-state index >= 15 is 0 Å². The Balaban J connectivity index is 1.86. The van der Waals surface area contributed by atoms with E-state index < -0.39 is 0 Å². The fourth-order valence-electron chi connectivity index (χ4n) is 2.58. The molecule has 7 heteroatoms. The molecule has 1 aliphatic rings. The van der Waals surface area contributed by atoms with Crippen molar-refractivity contribution < 1.29 is 14.3 Å². The van der Waals surface area contributed by atoms with Crippen LogP contribution in [-0.4, -0.2) is 24.3 Å². The number of hydrogen-bond acceptors (Lipinski definition) is 5. The average molecular weight is 520 g/mol. The van der Waals surface area contributed by atoms with E-state index in [1.54, 1.807) is 6.08 Å². The topological polar surface area (TPSA) is 59.9 Å². The van der Waals surface area contributed by atoms with Crippen LogP contribution in [0.3, 0.4) is 0 Å². The molecule has 0 bridgehead atoms. The molecule has 1 fully saturated rings. The summed E-state index contributed by atoms with van der Waals surface area (Å²) >= 11 is 3.52. The molecule has 0 aromatic heterocycles. The minimum atomic E-state index is -0.166.